The molecule has 0 heterocycles. The van der Waals surface area contributed by atoms with Gasteiger partial charge in [0.1, 0.15) is 12.6 Å². The molecule has 0 aliphatic rings. The van der Waals surface area contributed by atoms with Crippen LogP contribution in [0.4, 0.5) is 5.69 Å². The molecule has 2 amide bonds. The number of sulfonamides is 1. The third-order valence-electron chi connectivity index (χ3n) is 7.73. The Balaban J connectivity index is 1.83. The number of hydrogen-bond acceptors (Lipinski definition) is 4. The number of nitrogens with zero attached hydrogens (tertiary/aromatic N) is 2. The van der Waals surface area contributed by atoms with Crippen molar-refractivity contribution in [3.05, 3.63) is 130 Å². The lowest BCUT2D eigenvalue weighted by atomic mass is 10.0. The minimum absolute atomic E-state index is 0.0888. The first-order valence-electron chi connectivity index (χ1n) is 14.8. The molecule has 1 N–H and O–H groups in total. The van der Waals surface area contributed by atoms with Crippen molar-refractivity contribution in [2.45, 2.75) is 58.5 Å². The predicted octanol–water partition coefficient (Wildman–Crippen LogP) is 5.89. The number of carbonyl (C=O) groups excluding carboxylic acids is 2. The van der Waals surface area contributed by atoms with Gasteiger partial charge in [-0.15, -0.1) is 0 Å². The van der Waals surface area contributed by atoms with Gasteiger partial charge in [-0.1, -0.05) is 90.0 Å². The number of likely N-dealkylation sites (N-methyl/N-ethyl adjacent to an activating group) is 1. The summed E-state index contributed by atoms with van der Waals surface area (Å²) in [5.74, 6) is -0.770. The van der Waals surface area contributed by atoms with Crippen molar-refractivity contribution in [3.63, 3.8) is 0 Å². The van der Waals surface area contributed by atoms with Gasteiger partial charge in [-0.25, -0.2) is 8.42 Å². The van der Waals surface area contributed by atoms with E-state index in [-0.39, 0.29) is 23.8 Å². The average Bonchev–Trinajstić information content (AvgIpc) is 2.99. The minimum Gasteiger partial charge on any atom is -0.355 e. The summed E-state index contributed by atoms with van der Waals surface area (Å²) < 4.78 is 29.6. The summed E-state index contributed by atoms with van der Waals surface area (Å²) in [5, 5.41) is 2.90. The van der Waals surface area contributed by atoms with E-state index in [4.69, 9.17) is 0 Å². The standard InChI is InChI=1S/C36H41N3O4S/c1-6-37-36(41)34(23-30-13-8-7-9-14-30)38(24-31-15-11-10-12-28(31)4)35(40)25-39(33-21-18-27(3)22-29(33)5)44(42,43)32-19-16-26(2)17-20-32/h7-22,34H,6,23-25H2,1-5H3,(H,37,41). The van der Waals surface area contributed by atoms with E-state index >= 15 is 0 Å². The monoisotopic (exact) mass is 611 g/mol. The fourth-order valence-electron chi connectivity index (χ4n) is 5.25. The van der Waals surface area contributed by atoms with Gasteiger partial charge in [-0.05, 0) is 75.1 Å². The van der Waals surface area contributed by atoms with E-state index in [1.165, 1.54) is 9.21 Å². The normalized spacial score (nSPS) is 11.9. The Morgan fingerprint density at radius 2 is 1.41 bits per heavy atom. The number of rotatable bonds is 12. The number of amides is 2. The Morgan fingerprint density at radius 1 is 0.773 bits per heavy atom. The summed E-state index contributed by atoms with van der Waals surface area (Å²) in [4.78, 5) is 29.8. The second kappa shape index (κ2) is 14.4. The largest absolute Gasteiger partial charge is 0.355 e. The van der Waals surface area contributed by atoms with Gasteiger partial charge in [0, 0.05) is 19.5 Å². The van der Waals surface area contributed by atoms with E-state index in [0.717, 1.165) is 33.4 Å². The van der Waals surface area contributed by atoms with Crippen molar-refractivity contribution in [3.8, 4) is 0 Å². The quantitative estimate of drug-likeness (QED) is 0.216. The van der Waals surface area contributed by atoms with Crippen LogP contribution in [0.1, 0.15) is 40.3 Å². The lowest BCUT2D eigenvalue weighted by Crippen LogP contribution is -2.53. The lowest BCUT2D eigenvalue weighted by Gasteiger charge is -2.34. The molecule has 8 heteroatoms. The number of aryl methyl sites for hydroxylation is 4. The van der Waals surface area contributed by atoms with Gasteiger partial charge in [-0.3, -0.25) is 13.9 Å². The van der Waals surface area contributed by atoms with Gasteiger partial charge >= 0.3 is 0 Å². The first kappa shape index (κ1) is 32.5. The minimum atomic E-state index is -4.15. The molecule has 230 valence electrons. The van der Waals surface area contributed by atoms with Gasteiger partial charge in [0.05, 0.1) is 10.6 Å². The van der Waals surface area contributed by atoms with Crippen molar-refractivity contribution in [1.82, 2.24) is 10.2 Å². The van der Waals surface area contributed by atoms with Gasteiger partial charge in [-0.2, -0.15) is 0 Å². The average molecular weight is 612 g/mol. The van der Waals surface area contributed by atoms with Crippen molar-refractivity contribution < 1.29 is 18.0 Å². The SMILES string of the molecule is CCNC(=O)C(Cc1ccccc1)N(Cc1ccccc1C)C(=O)CN(c1ccc(C)cc1C)S(=O)(=O)c1ccc(C)cc1. The molecule has 1 atom stereocenters. The van der Waals surface area contributed by atoms with Crippen LogP contribution in [0.2, 0.25) is 0 Å². The first-order chi connectivity index (χ1) is 21.0. The van der Waals surface area contributed by atoms with Crippen LogP contribution in [-0.2, 0) is 32.6 Å². The molecule has 0 fully saturated rings. The Hall–Kier alpha value is -4.43. The maximum Gasteiger partial charge on any atom is 0.264 e. The van der Waals surface area contributed by atoms with E-state index in [2.05, 4.69) is 5.32 Å². The van der Waals surface area contributed by atoms with E-state index < -0.39 is 28.5 Å². The van der Waals surface area contributed by atoms with Crippen LogP contribution in [0.5, 0.6) is 0 Å². The molecule has 0 aliphatic heterocycles. The van der Waals surface area contributed by atoms with Crippen LogP contribution >= 0.6 is 0 Å². The molecule has 4 rings (SSSR count). The van der Waals surface area contributed by atoms with Gasteiger partial charge < -0.3 is 10.2 Å². The number of benzene rings is 4. The number of hydrogen-bond donors (Lipinski definition) is 1. The maximum atomic E-state index is 14.5. The molecule has 0 saturated carbocycles. The van der Waals surface area contributed by atoms with Crippen molar-refractivity contribution in [2.75, 3.05) is 17.4 Å². The Bertz CT molecular complexity index is 1700. The van der Waals surface area contributed by atoms with Crippen LogP contribution in [0.3, 0.4) is 0 Å². The Morgan fingerprint density at radius 3 is 2.05 bits per heavy atom. The maximum absolute atomic E-state index is 14.5. The van der Waals surface area contributed by atoms with Crippen LogP contribution in [0, 0.1) is 27.7 Å². The predicted molar refractivity (Wildman–Crippen MR) is 176 cm³/mol. The summed E-state index contributed by atoms with van der Waals surface area (Å²) in [5.41, 5.74) is 5.78. The zero-order valence-electron chi connectivity index (χ0n) is 26.1. The second-order valence-electron chi connectivity index (χ2n) is 11.2. The van der Waals surface area contributed by atoms with Crippen LogP contribution < -0.4 is 9.62 Å². The van der Waals surface area contributed by atoms with Crippen molar-refractivity contribution >= 4 is 27.5 Å². The zero-order chi connectivity index (χ0) is 31.9. The smallest absolute Gasteiger partial charge is 0.264 e. The molecule has 4 aromatic carbocycles. The molecule has 0 bridgehead atoms. The molecule has 0 saturated heterocycles. The molecule has 0 radical (unpaired) electrons. The summed E-state index contributed by atoms with van der Waals surface area (Å²) >= 11 is 0. The van der Waals surface area contributed by atoms with Gasteiger partial charge in [0.15, 0.2) is 0 Å². The summed E-state index contributed by atoms with van der Waals surface area (Å²) in [7, 11) is -4.15. The number of carbonyl (C=O) groups is 2. The molecule has 7 nitrogen and oxygen atoms in total. The van der Waals surface area contributed by atoms with Crippen LogP contribution in [0.15, 0.2) is 102 Å². The highest BCUT2D eigenvalue weighted by molar-refractivity contribution is 7.92. The van der Waals surface area contributed by atoms with Gasteiger partial charge in [0.2, 0.25) is 11.8 Å². The molecule has 4 aromatic rings. The molecule has 44 heavy (non-hydrogen) atoms. The molecule has 1 unspecified atom stereocenters. The number of nitrogens with one attached hydrogen (secondary N) is 1. The summed E-state index contributed by atoms with van der Waals surface area (Å²) in [6, 6.07) is 28.4. The summed E-state index contributed by atoms with van der Waals surface area (Å²) in [6.07, 6.45) is 0.276. The van der Waals surface area contributed by atoms with Crippen LogP contribution in [-0.4, -0.2) is 44.3 Å². The van der Waals surface area contributed by atoms with Crippen molar-refractivity contribution in [1.29, 1.82) is 0 Å². The molecular weight excluding hydrogens is 570 g/mol. The fourth-order valence-corrected chi connectivity index (χ4v) is 6.73. The van der Waals surface area contributed by atoms with Crippen molar-refractivity contribution in [2.24, 2.45) is 0 Å². The molecule has 0 aromatic heterocycles. The fraction of sp³-hybridized carbons (Fsp3) is 0.278. The Kier molecular flexibility index (Phi) is 10.6. The van der Waals surface area contributed by atoms with Gasteiger partial charge in [0.25, 0.3) is 10.0 Å². The highest BCUT2D eigenvalue weighted by Gasteiger charge is 2.35. The van der Waals surface area contributed by atoms with Crippen LogP contribution in [0.25, 0.3) is 0 Å². The Labute approximate surface area is 261 Å². The highest BCUT2D eigenvalue weighted by Crippen LogP contribution is 2.29. The first-order valence-corrected chi connectivity index (χ1v) is 16.3. The van der Waals surface area contributed by atoms with E-state index in [1.54, 1.807) is 30.3 Å². The number of anilines is 1. The topological polar surface area (TPSA) is 86.8 Å². The van der Waals surface area contributed by atoms with E-state index in [1.807, 2.05) is 101 Å². The molecule has 0 aliphatic carbocycles. The van der Waals surface area contributed by atoms with E-state index in [0.29, 0.717) is 12.2 Å². The third-order valence-corrected chi connectivity index (χ3v) is 9.51. The highest BCUT2D eigenvalue weighted by atomic mass is 32.2. The zero-order valence-corrected chi connectivity index (χ0v) is 26.9. The van der Waals surface area contributed by atoms with E-state index in [9.17, 15) is 18.0 Å². The molecule has 0 spiro atoms. The third kappa shape index (κ3) is 7.74. The molecular formula is C36H41N3O4S. The second-order valence-corrected chi connectivity index (χ2v) is 13.0. The lowest BCUT2D eigenvalue weighted by molar-refractivity contribution is -0.140. The summed E-state index contributed by atoms with van der Waals surface area (Å²) in [6.45, 7) is 9.52.